The first-order valence-corrected chi connectivity index (χ1v) is 8.33. The maximum atomic E-state index is 12.7. The van der Waals surface area contributed by atoms with Crippen molar-refractivity contribution < 1.29 is 14.6 Å². The molecule has 1 aromatic carbocycles. The minimum Gasteiger partial charge on any atom is -0.508 e. The second kappa shape index (κ2) is 7.33. The Hall–Kier alpha value is -2.90. The molecule has 2 N–H and O–H groups in total. The first-order valence-electron chi connectivity index (χ1n) is 8.33. The third-order valence-corrected chi connectivity index (χ3v) is 4.12. The molecule has 1 atom stereocenters. The zero-order chi connectivity index (χ0) is 17.8. The summed E-state index contributed by atoms with van der Waals surface area (Å²) < 4.78 is 7.00. The molecular formula is C17H21N5O3. The highest BCUT2D eigenvalue weighted by atomic mass is 16.5. The summed E-state index contributed by atoms with van der Waals surface area (Å²) in [5.41, 5.74) is 1.90. The fourth-order valence-corrected chi connectivity index (χ4v) is 2.84. The molecule has 0 aliphatic carbocycles. The van der Waals surface area contributed by atoms with Crippen molar-refractivity contribution in [1.82, 2.24) is 20.2 Å². The first-order chi connectivity index (χ1) is 12.1. The third-order valence-electron chi connectivity index (χ3n) is 4.12. The highest BCUT2D eigenvalue weighted by Gasteiger charge is 2.34. The summed E-state index contributed by atoms with van der Waals surface area (Å²) in [4.78, 5) is 12.7. The van der Waals surface area contributed by atoms with E-state index in [4.69, 9.17) is 4.74 Å². The highest BCUT2D eigenvalue weighted by Crippen LogP contribution is 2.35. The summed E-state index contributed by atoms with van der Waals surface area (Å²) in [6, 6.07) is 6.12. The summed E-state index contributed by atoms with van der Waals surface area (Å²) in [6.07, 6.45) is 2.91. The van der Waals surface area contributed by atoms with E-state index >= 15 is 0 Å². The van der Waals surface area contributed by atoms with Gasteiger partial charge in [-0.05, 0) is 41.5 Å². The van der Waals surface area contributed by atoms with Crippen LogP contribution in [0.5, 0.6) is 5.75 Å². The topological polar surface area (TPSA) is 102 Å². The first kappa shape index (κ1) is 16.9. The number of carbonyl (C=O) groups is 1. The van der Waals surface area contributed by atoms with Crippen LogP contribution in [0.15, 0.2) is 35.5 Å². The lowest BCUT2D eigenvalue weighted by molar-refractivity contribution is -0.139. The lowest BCUT2D eigenvalue weighted by Gasteiger charge is -2.27. The van der Waals surface area contributed by atoms with Crippen LogP contribution in [0.1, 0.15) is 44.7 Å². The monoisotopic (exact) mass is 343 g/mol. The quantitative estimate of drug-likeness (QED) is 0.613. The van der Waals surface area contributed by atoms with E-state index in [0.717, 1.165) is 24.8 Å². The number of hydrogen-bond donors (Lipinski definition) is 2. The van der Waals surface area contributed by atoms with E-state index in [0.29, 0.717) is 23.8 Å². The number of anilines is 1. The molecule has 8 heteroatoms. The van der Waals surface area contributed by atoms with Gasteiger partial charge in [0.15, 0.2) is 0 Å². The molecule has 1 unspecified atom stereocenters. The Morgan fingerprint density at radius 2 is 2.08 bits per heavy atom. The van der Waals surface area contributed by atoms with E-state index in [1.54, 1.807) is 35.9 Å². The van der Waals surface area contributed by atoms with Crippen LogP contribution in [0.2, 0.25) is 0 Å². The second-order valence-corrected chi connectivity index (χ2v) is 5.95. The molecule has 0 bridgehead atoms. The lowest BCUT2D eigenvalue weighted by atomic mass is 9.96. The number of fused-ring (bicyclic) bond motifs is 1. The van der Waals surface area contributed by atoms with E-state index in [1.165, 1.54) is 0 Å². The van der Waals surface area contributed by atoms with Gasteiger partial charge in [-0.25, -0.2) is 4.79 Å². The van der Waals surface area contributed by atoms with E-state index in [-0.39, 0.29) is 11.7 Å². The lowest BCUT2D eigenvalue weighted by Crippen LogP contribution is -2.29. The van der Waals surface area contributed by atoms with Gasteiger partial charge in [0.05, 0.1) is 12.2 Å². The number of nitrogens with zero attached hydrogens (tertiary/aromatic N) is 4. The fourth-order valence-electron chi connectivity index (χ4n) is 2.84. The molecular weight excluding hydrogens is 322 g/mol. The molecule has 0 radical (unpaired) electrons. The highest BCUT2D eigenvalue weighted by molar-refractivity contribution is 5.92. The average molecular weight is 343 g/mol. The number of esters is 1. The van der Waals surface area contributed by atoms with Gasteiger partial charge in [0.25, 0.3) is 0 Å². The number of nitrogens with one attached hydrogen (secondary N) is 1. The maximum Gasteiger partial charge on any atom is 0.338 e. The molecule has 132 valence electrons. The van der Waals surface area contributed by atoms with Crippen molar-refractivity contribution in [2.75, 3.05) is 11.9 Å². The van der Waals surface area contributed by atoms with Gasteiger partial charge < -0.3 is 15.2 Å². The van der Waals surface area contributed by atoms with Gasteiger partial charge in [-0.2, -0.15) is 4.68 Å². The number of aromatic hydroxyl groups is 1. The van der Waals surface area contributed by atoms with Crippen LogP contribution in [0.4, 0.5) is 5.95 Å². The van der Waals surface area contributed by atoms with Crippen LogP contribution in [0.25, 0.3) is 0 Å². The molecule has 2 heterocycles. The Bertz CT molecular complexity index is 782. The second-order valence-electron chi connectivity index (χ2n) is 5.95. The minimum absolute atomic E-state index is 0.152. The van der Waals surface area contributed by atoms with Gasteiger partial charge in [0, 0.05) is 5.70 Å². The predicted molar refractivity (Wildman–Crippen MR) is 90.9 cm³/mol. The molecule has 1 aromatic heterocycles. The van der Waals surface area contributed by atoms with Crippen LogP contribution >= 0.6 is 0 Å². The summed E-state index contributed by atoms with van der Waals surface area (Å²) in [5, 5.41) is 24.2. The van der Waals surface area contributed by atoms with Crippen molar-refractivity contribution in [2.24, 2.45) is 0 Å². The van der Waals surface area contributed by atoms with Crippen LogP contribution < -0.4 is 5.32 Å². The number of aromatic nitrogens is 4. The maximum absolute atomic E-state index is 12.7. The molecule has 0 spiro atoms. The van der Waals surface area contributed by atoms with Crippen molar-refractivity contribution in [3.63, 3.8) is 0 Å². The normalized spacial score (nSPS) is 16.3. The molecule has 0 saturated carbocycles. The van der Waals surface area contributed by atoms with E-state index in [9.17, 15) is 9.90 Å². The van der Waals surface area contributed by atoms with Gasteiger partial charge in [-0.1, -0.05) is 37.0 Å². The van der Waals surface area contributed by atoms with Crippen LogP contribution in [0, 0.1) is 0 Å². The van der Waals surface area contributed by atoms with Crippen molar-refractivity contribution in [2.45, 2.75) is 39.2 Å². The Labute approximate surface area is 145 Å². The number of ether oxygens (including phenoxy) is 1. The van der Waals surface area contributed by atoms with Gasteiger partial charge in [0.2, 0.25) is 5.95 Å². The molecule has 25 heavy (non-hydrogen) atoms. The van der Waals surface area contributed by atoms with Gasteiger partial charge >= 0.3 is 5.97 Å². The average Bonchev–Trinajstić information content (AvgIpc) is 3.06. The fraction of sp³-hybridized carbons (Fsp3) is 0.412. The number of unbranched alkanes of at least 4 members (excludes halogenated alkanes) is 2. The van der Waals surface area contributed by atoms with Crippen molar-refractivity contribution >= 4 is 11.9 Å². The molecule has 3 rings (SSSR count). The molecule has 0 saturated heterocycles. The minimum atomic E-state index is -0.509. The summed E-state index contributed by atoms with van der Waals surface area (Å²) in [5.74, 6) is 0.220. The molecule has 1 aliphatic rings. The Morgan fingerprint density at radius 1 is 1.32 bits per heavy atom. The van der Waals surface area contributed by atoms with Crippen molar-refractivity contribution in [3.05, 3.63) is 41.1 Å². The van der Waals surface area contributed by atoms with E-state index < -0.39 is 6.04 Å². The molecule has 0 amide bonds. The molecule has 8 nitrogen and oxygen atoms in total. The number of hydrogen-bond acceptors (Lipinski definition) is 7. The van der Waals surface area contributed by atoms with Crippen molar-refractivity contribution in [1.29, 1.82) is 0 Å². The van der Waals surface area contributed by atoms with Gasteiger partial charge in [-0.15, -0.1) is 0 Å². The van der Waals surface area contributed by atoms with Crippen LogP contribution in [-0.4, -0.2) is 37.9 Å². The Kier molecular flexibility index (Phi) is 4.97. The number of phenols is 1. The van der Waals surface area contributed by atoms with Gasteiger partial charge in [-0.3, -0.25) is 0 Å². The Morgan fingerprint density at radius 3 is 2.80 bits per heavy atom. The predicted octanol–water partition coefficient (Wildman–Crippen LogP) is 2.40. The summed E-state index contributed by atoms with van der Waals surface area (Å²) in [7, 11) is 0. The van der Waals surface area contributed by atoms with E-state index in [2.05, 4.69) is 27.8 Å². The zero-order valence-electron chi connectivity index (χ0n) is 14.3. The number of phenolic OH excluding ortho intramolecular Hbond substituents is 1. The zero-order valence-corrected chi connectivity index (χ0v) is 14.3. The summed E-state index contributed by atoms with van der Waals surface area (Å²) >= 11 is 0. The largest absolute Gasteiger partial charge is 0.508 e. The number of rotatable bonds is 6. The smallest absolute Gasteiger partial charge is 0.338 e. The summed E-state index contributed by atoms with van der Waals surface area (Å²) in [6.45, 7) is 4.28. The Balaban J connectivity index is 1.92. The van der Waals surface area contributed by atoms with Crippen molar-refractivity contribution in [3.8, 4) is 5.75 Å². The number of tetrazole rings is 1. The van der Waals surface area contributed by atoms with Crippen LogP contribution in [0.3, 0.4) is 0 Å². The molecule has 0 fully saturated rings. The van der Waals surface area contributed by atoms with E-state index in [1.807, 2.05) is 0 Å². The molecule has 1 aliphatic heterocycles. The number of allylic oxidation sites excluding steroid dienone is 1. The number of benzene rings is 1. The SMILES string of the molecule is CCCCCOC(=O)C1=C(C)Nc2nnnn2C1c1ccc(O)cc1. The third kappa shape index (κ3) is 3.47. The van der Waals surface area contributed by atoms with Gasteiger partial charge in [0.1, 0.15) is 11.8 Å². The molecule has 2 aromatic rings. The number of carbonyl (C=O) groups excluding carboxylic acids is 1. The van der Waals surface area contributed by atoms with Crippen LogP contribution in [-0.2, 0) is 9.53 Å². The standard InChI is InChI=1S/C17H21N5O3/c1-3-4-5-10-25-16(24)14-11(2)18-17-19-20-21-22(17)15(14)12-6-8-13(23)9-7-12/h6-9,15,23H,3-5,10H2,1-2H3,(H,18,19,21).